The molecule has 0 atom stereocenters. The van der Waals surface area contributed by atoms with Gasteiger partial charge in [-0.15, -0.1) is 0 Å². The van der Waals surface area contributed by atoms with E-state index in [0.29, 0.717) is 6.54 Å². The minimum atomic E-state index is 0.616. The molecule has 3 heteroatoms. The molecular weight excluding hydrogens is 210 g/mol. The Morgan fingerprint density at radius 2 is 1.47 bits per heavy atom. The third-order valence-electron chi connectivity index (χ3n) is 2.76. The van der Waals surface area contributed by atoms with Crippen molar-refractivity contribution in [3.05, 3.63) is 48.0 Å². The van der Waals surface area contributed by atoms with E-state index in [4.69, 9.17) is 17.2 Å². The van der Waals surface area contributed by atoms with Gasteiger partial charge in [0, 0.05) is 11.4 Å². The van der Waals surface area contributed by atoms with Gasteiger partial charge in [-0.05, 0) is 53.9 Å². The van der Waals surface area contributed by atoms with Crippen LogP contribution in [0.2, 0.25) is 0 Å². The molecule has 0 aromatic heterocycles. The van der Waals surface area contributed by atoms with Crippen molar-refractivity contribution in [2.75, 3.05) is 18.0 Å². The zero-order chi connectivity index (χ0) is 12.3. The van der Waals surface area contributed by atoms with Crippen LogP contribution in [0.4, 0.5) is 11.4 Å². The molecule has 2 aromatic rings. The first-order valence-corrected chi connectivity index (χ1v) is 5.65. The summed E-state index contributed by atoms with van der Waals surface area (Å²) in [6.07, 6.45) is 0.824. The fourth-order valence-electron chi connectivity index (χ4n) is 1.92. The van der Waals surface area contributed by atoms with Crippen molar-refractivity contribution in [2.45, 2.75) is 6.42 Å². The maximum absolute atomic E-state index is 5.80. The van der Waals surface area contributed by atoms with Crippen LogP contribution in [0.1, 0.15) is 5.56 Å². The maximum atomic E-state index is 5.80. The minimum Gasteiger partial charge on any atom is -0.399 e. The number of hydrogen-bond acceptors (Lipinski definition) is 3. The van der Waals surface area contributed by atoms with E-state index in [1.165, 1.54) is 11.1 Å². The summed E-state index contributed by atoms with van der Waals surface area (Å²) in [4.78, 5) is 0. The molecule has 88 valence electrons. The van der Waals surface area contributed by atoms with E-state index in [1.54, 1.807) is 0 Å². The van der Waals surface area contributed by atoms with Gasteiger partial charge < -0.3 is 17.2 Å². The molecule has 0 fully saturated rings. The Labute approximate surface area is 101 Å². The van der Waals surface area contributed by atoms with Gasteiger partial charge in [-0.2, -0.15) is 0 Å². The van der Waals surface area contributed by atoms with Crippen LogP contribution in [-0.4, -0.2) is 6.54 Å². The summed E-state index contributed by atoms with van der Waals surface area (Å²) in [5.74, 6) is 0. The molecule has 2 rings (SSSR count). The first kappa shape index (κ1) is 11.5. The highest BCUT2D eigenvalue weighted by Gasteiger charge is 2.05. The van der Waals surface area contributed by atoms with Crippen molar-refractivity contribution in [3.8, 4) is 11.1 Å². The SMILES string of the molecule is NCCc1cc(N)ccc1-c1ccc(N)cc1. The molecule has 0 aliphatic heterocycles. The molecule has 0 saturated heterocycles. The van der Waals surface area contributed by atoms with Crippen molar-refractivity contribution >= 4 is 11.4 Å². The third kappa shape index (κ3) is 2.57. The average molecular weight is 227 g/mol. The Kier molecular flexibility index (Phi) is 3.30. The number of benzene rings is 2. The first-order chi connectivity index (χ1) is 8.20. The predicted molar refractivity (Wildman–Crippen MR) is 73.5 cm³/mol. The number of nitrogen functional groups attached to an aromatic ring is 2. The molecule has 0 aliphatic rings. The molecule has 6 N–H and O–H groups in total. The van der Waals surface area contributed by atoms with Crippen molar-refractivity contribution in [1.82, 2.24) is 0 Å². The molecule has 3 nitrogen and oxygen atoms in total. The van der Waals surface area contributed by atoms with E-state index in [0.717, 1.165) is 23.4 Å². The van der Waals surface area contributed by atoms with Gasteiger partial charge in [0.2, 0.25) is 0 Å². The highest BCUT2D eigenvalue weighted by Crippen LogP contribution is 2.26. The zero-order valence-corrected chi connectivity index (χ0v) is 9.69. The lowest BCUT2D eigenvalue weighted by atomic mass is 9.97. The quantitative estimate of drug-likeness (QED) is 0.702. The van der Waals surface area contributed by atoms with Crippen LogP contribution in [0.5, 0.6) is 0 Å². The van der Waals surface area contributed by atoms with E-state index >= 15 is 0 Å². The molecule has 2 aromatic carbocycles. The van der Waals surface area contributed by atoms with Crippen molar-refractivity contribution in [2.24, 2.45) is 5.73 Å². The standard InChI is InChI=1S/C14H17N3/c15-8-7-11-9-13(17)5-6-14(11)10-1-3-12(16)4-2-10/h1-6,9H,7-8,15-17H2. The topological polar surface area (TPSA) is 78.1 Å². The van der Waals surface area contributed by atoms with E-state index in [1.807, 2.05) is 42.5 Å². The Bertz CT molecular complexity index is 503. The van der Waals surface area contributed by atoms with Crippen LogP contribution < -0.4 is 17.2 Å². The van der Waals surface area contributed by atoms with Gasteiger partial charge in [0.25, 0.3) is 0 Å². The summed E-state index contributed by atoms with van der Waals surface area (Å²) in [7, 11) is 0. The third-order valence-corrected chi connectivity index (χ3v) is 2.76. The highest BCUT2D eigenvalue weighted by molar-refractivity contribution is 5.71. The minimum absolute atomic E-state index is 0.616. The summed E-state index contributed by atoms with van der Waals surface area (Å²) in [6.45, 7) is 0.616. The summed E-state index contributed by atoms with van der Waals surface area (Å²) < 4.78 is 0. The van der Waals surface area contributed by atoms with Gasteiger partial charge in [0.1, 0.15) is 0 Å². The van der Waals surface area contributed by atoms with Gasteiger partial charge in [0.05, 0.1) is 0 Å². The van der Waals surface area contributed by atoms with Gasteiger partial charge in [-0.1, -0.05) is 18.2 Å². The fourth-order valence-corrected chi connectivity index (χ4v) is 1.92. The summed E-state index contributed by atoms with van der Waals surface area (Å²) in [6, 6.07) is 13.8. The molecule has 0 spiro atoms. The second-order valence-electron chi connectivity index (χ2n) is 4.08. The van der Waals surface area contributed by atoms with Crippen LogP contribution in [0.15, 0.2) is 42.5 Å². The highest BCUT2D eigenvalue weighted by atomic mass is 14.6. The summed E-state index contributed by atoms with van der Waals surface area (Å²) in [5.41, 5.74) is 22.1. The second-order valence-corrected chi connectivity index (χ2v) is 4.08. The monoisotopic (exact) mass is 227 g/mol. The van der Waals surface area contributed by atoms with Crippen molar-refractivity contribution < 1.29 is 0 Å². The van der Waals surface area contributed by atoms with Crippen LogP contribution >= 0.6 is 0 Å². The Hall–Kier alpha value is -2.00. The summed E-state index contributed by atoms with van der Waals surface area (Å²) >= 11 is 0. The number of anilines is 2. The number of nitrogens with two attached hydrogens (primary N) is 3. The average Bonchev–Trinajstić information content (AvgIpc) is 2.31. The van der Waals surface area contributed by atoms with Crippen LogP contribution in [0.25, 0.3) is 11.1 Å². The Balaban J connectivity index is 2.46. The zero-order valence-electron chi connectivity index (χ0n) is 9.69. The van der Waals surface area contributed by atoms with Crippen LogP contribution in [0, 0.1) is 0 Å². The van der Waals surface area contributed by atoms with E-state index in [-0.39, 0.29) is 0 Å². The first-order valence-electron chi connectivity index (χ1n) is 5.65. The molecule has 0 amide bonds. The van der Waals surface area contributed by atoms with Crippen molar-refractivity contribution in [1.29, 1.82) is 0 Å². The molecule has 0 bridgehead atoms. The second kappa shape index (κ2) is 4.89. The maximum Gasteiger partial charge on any atom is 0.0317 e. The molecule has 0 heterocycles. The smallest absolute Gasteiger partial charge is 0.0317 e. The van der Waals surface area contributed by atoms with E-state index in [2.05, 4.69) is 0 Å². The molecular formula is C14H17N3. The lowest BCUT2D eigenvalue weighted by Crippen LogP contribution is -2.04. The molecule has 0 saturated carbocycles. The summed E-state index contributed by atoms with van der Waals surface area (Å²) in [5, 5.41) is 0. The normalized spacial score (nSPS) is 10.4. The molecule has 17 heavy (non-hydrogen) atoms. The van der Waals surface area contributed by atoms with Gasteiger partial charge in [-0.3, -0.25) is 0 Å². The van der Waals surface area contributed by atoms with Crippen LogP contribution in [0.3, 0.4) is 0 Å². The fraction of sp³-hybridized carbons (Fsp3) is 0.143. The Morgan fingerprint density at radius 3 is 2.12 bits per heavy atom. The van der Waals surface area contributed by atoms with Gasteiger partial charge in [-0.25, -0.2) is 0 Å². The largest absolute Gasteiger partial charge is 0.399 e. The predicted octanol–water partition coefficient (Wildman–Crippen LogP) is 2.02. The lowest BCUT2D eigenvalue weighted by Gasteiger charge is -2.10. The van der Waals surface area contributed by atoms with E-state index < -0.39 is 0 Å². The van der Waals surface area contributed by atoms with Gasteiger partial charge >= 0.3 is 0 Å². The molecule has 0 unspecified atom stereocenters. The Morgan fingerprint density at radius 1 is 0.824 bits per heavy atom. The number of hydrogen-bond donors (Lipinski definition) is 3. The van der Waals surface area contributed by atoms with Crippen LogP contribution in [-0.2, 0) is 6.42 Å². The molecule has 0 radical (unpaired) electrons. The number of rotatable bonds is 3. The molecule has 0 aliphatic carbocycles. The van der Waals surface area contributed by atoms with E-state index in [9.17, 15) is 0 Å². The van der Waals surface area contributed by atoms with Gasteiger partial charge in [0.15, 0.2) is 0 Å². The van der Waals surface area contributed by atoms with Crippen molar-refractivity contribution in [3.63, 3.8) is 0 Å². The lowest BCUT2D eigenvalue weighted by molar-refractivity contribution is 0.971.